The second-order valence-electron chi connectivity index (χ2n) is 6.96. The molecular formula is C23H23N5O. The molecule has 2 aromatic heterocycles. The average molecular weight is 385 g/mol. The van der Waals surface area contributed by atoms with Crippen LogP contribution in [0.2, 0.25) is 0 Å². The lowest BCUT2D eigenvalue weighted by molar-refractivity contribution is -0.121. The molecule has 0 radical (unpaired) electrons. The van der Waals surface area contributed by atoms with Crippen LogP contribution in [0.1, 0.15) is 23.1 Å². The van der Waals surface area contributed by atoms with E-state index >= 15 is 0 Å². The number of para-hydroxylation sites is 1. The molecule has 4 rings (SSSR count). The fraction of sp³-hybridized carbons (Fsp3) is 0.174. The van der Waals surface area contributed by atoms with Crippen molar-refractivity contribution in [3.8, 4) is 5.69 Å². The third-order valence-electron chi connectivity index (χ3n) is 4.73. The van der Waals surface area contributed by atoms with Gasteiger partial charge in [-0.3, -0.25) is 4.79 Å². The highest BCUT2D eigenvalue weighted by atomic mass is 16.1. The van der Waals surface area contributed by atoms with E-state index in [1.807, 2.05) is 58.2 Å². The summed E-state index contributed by atoms with van der Waals surface area (Å²) in [5, 5.41) is 7.36. The van der Waals surface area contributed by atoms with Crippen molar-refractivity contribution in [3.63, 3.8) is 0 Å². The zero-order chi connectivity index (χ0) is 19.9. The van der Waals surface area contributed by atoms with Gasteiger partial charge in [-0.1, -0.05) is 42.5 Å². The lowest BCUT2D eigenvalue weighted by Crippen LogP contribution is -2.22. The summed E-state index contributed by atoms with van der Waals surface area (Å²) in [5.74, 6) is 0.0416. The number of hydrogen-bond acceptors (Lipinski definition) is 3. The van der Waals surface area contributed by atoms with Crippen LogP contribution in [0, 0.1) is 0 Å². The monoisotopic (exact) mass is 385 g/mol. The standard InChI is InChI=1S/C23H23N5O/c29-23(11-10-21-15-26-28(17-21)22-4-2-1-3-5-22)25-14-19-6-8-20(9-7-19)16-27-13-12-24-18-27/h1-9,12-13,15,17-18H,10-11,14,16H2,(H,25,29). The van der Waals surface area contributed by atoms with Crippen molar-refractivity contribution < 1.29 is 4.79 Å². The summed E-state index contributed by atoms with van der Waals surface area (Å²) in [7, 11) is 0. The van der Waals surface area contributed by atoms with Crippen LogP contribution in [-0.2, 0) is 24.3 Å². The summed E-state index contributed by atoms with van der Waals surface area (Å²) in [4.78, 5) is 16.2. The largest absolute Gasteiger partial charge is 0.352 e. The van der Waals surface area contributed by atoms with E-state index < -0.39 is 0 Å². The molecule has 6 heteroatoms. The van der Waals surface area contributed by atoms with E-state index in [9.17, 15) is 4.79 Å². The molecule has 0 aliphatic carbocycles. The van der Waals surface area contributed by atoms with E-state index in [4.69, 9.17) is 0 Å². The second kappa shape index (κ2) is 9.01. The van der Waals surface area contributed by atoms with Crippen molar-refractivity contribution in [2.24, 2.45) is 0 Å². The van der Waals surface area contributed by atoms with Gasteiger partial charge in [0, 0.05) is 38.1 Å². The van der Waals surface area contributed by atoms with Gasteiger partial charge >= 0.3 is 0 Å². The van der Waals surface area contributed by atoms with Gasteiger partial charge in [0.2, 0.25) is 5.91 Å². The number of hydrogen-bond donors (Lipinski definition) is 1. The van der Waals surface area contributed by atoms with Gasteiger partial charge in [-0.05, 0) is 35.2 Å². The number of imidazole rings is 1. The van der Waals surface area contributed by atoms with Gasteiger partial charge in [0.25, 0.3) is 0 Å². The van der Waals surface area contributed by atoms with Gasteiger partial charge in [-0.15, -0.1) is 0 Å². The van der Waals surface area contributed by atoms with E-state index in [-0.39, 0.29) is 5.91 Å². The fourth-order valence-electron chi connectivity index (χ4n) is 3.11. The molecule has 4 aromatic rings. The first-order chi connectivity index (χ1) is 14.3. The van der Waals surface area contributed by atoms with Crippen LogP contribution in [0.5, 0.6) is 0 Å². The van der Waals surface area contributed by atoms with Crippen LogP contribution < -0.4 is 5.32 Å². The Balaban J connectivity index is 1.22. The highest BCUT2D eigenvalue weighted by molar-refractivity contribution is 5.76. The molecule has 0 unspecified atom stereocenters. The molecule has 0 saturated carbocycles. The average Bonchev–Trinajstić information content (AvgIpc) is 3.45. The van der Waals surface area contributed by atoms with Crippen molar-refractivity contribution in [3.05, 3.63) is 102 Å². The van der Waals surface area contributed by atoms with Gasteiger partial charge in [-0.25, -0.2) is 9.67 Å². The van der Waals surface area contributed by atoms with Gasteiger partial charge in [0.1, 0.15) is 0 Å². The summed E-state index contributed by atoms with van der Waals surface area (Å²) in [6.07, 6.45) is 10.4. The summed E-state index contributed by atoms with van der Waals surface area (Å²) in [6, 6.07) is 18.2. The Bertz CT molecular complexity index is 1040. The third-order valence-corrected chi connectivity index (χ3v) is 4.73. The molecule has 29 heavy (non-hydrogen) atoms. The SMILES string of the molecule is O=C(CCc1cnn(-c2ccccc2)c1)NCc1ccc(Cn2ccnc2)cc1. The lowest BCUT2D eigenvalue weighted by atomic mass is 10.1. The highest BCUT2D eigenvalue weighted by Gasteiger charge is 2.06. The van der Waals surface area contributed by atoms with E-state index in [1.54, 1.807) is 12.5 Å². The first kappa shape index (κ1) is 18.7. The van der Waals surface area contributed by atoms with Crippen LogP contribution in [0.25, 0.3) is 5.69 Å². The Hall–Kier alpha value is -3.67. The Morgan fingerprint density at radius 3 is 2.52 bits per heavy atom. The summed E-state index contributed by atoms with van der Waals surface area (Å²) < 4.78 is 3.86. The molecule has 2 aromatic carbocycles. The Labute approximate surface area is 169 Å². The quantitative estimate of drug-likeness (QED) is 0.506. The number of carbonyl (C=O) groups is 1. The molecule has 0 fully saturated rings. The molecule has 0 saturated heterocycles. The minimum atomic E-state index is 0.0416. The molecule has 6 nitrogen and oxygen atoms in total. The van der Waals surface area contributed by atoms with Crippen molar-refractivity contribution in [2.45, 2.75) is 25.9 Å². The highest BCUT2D eigenvalue weighted by Crippen LogP contribution is 2.10. The van der Waals surface area contributed by atoms with Gasteiger partial charge in [0.15, 0.2) is 0 Å². The Morgan fingerprint density at radius 1 is 0.966 bits per heavy atom. The molecule has 0 spiro atoms. The molecule has 1 N–H and O–H groups in total. The van der Waals surface area contributed by atoms with Crippen molar-refractivity contribution in [1.82, 2.24) is 24.6 Å². The normalized spacial score (nSPS) is 10.8. The summed E-state index contributed by atoms with van der Waals surface area (Å²) in [6.45, 7) is 1.33. The number of aromatic nitrogens is 4. The van der Waals surface area contributed by atoms with E-state index in [1.165, 1.54) is 5.56 Å². The number of nitrogens with one attached hydrogen (secondary N) is 1. The molecule has 2 heterocycles. The topological polar surface area (TPSA) is 64.7 Å². The Kier molecular flexibility index (Phi) is 5.81. The summed E-state index contributed by atoms with van der Waals surface area (Å²) in [5.41, 5.74) is 4.35. The zero-order valence-electron chi connectivity index (χ0n) is 16.1. The number of amides is 1. The number of aryl methyl sites for hydroxylation is 1. The van der Waals surface area contributed by atoms with Crippen LogP contribution in [-0.4, -0.2) is 25.2 Å². The molecule has 1 amide bonds. The van der Waals surface area contributed by atoms with E-state index in [0.29, 0.717) is 19.4 Å². The maximum absolute atomic E-state index is 12.2. The van der Waals surface area contributed by atoms with E-state index in [2.05, 4.69) is 39.7 Å². The lowest BCUT2D eigenvalue weighted by Gasteiger charge is -2.07. The van der Waals surface area contributed by atoms with Gasteiger partial charge < -0.3 is 9.88 Å². The molecule has 146 valence electrons. The smallest absolute Gasteiger partial charge is 0.220 e. The van der Waals surface area contributed by atoms with Crippen LogP contribution >= 0.6 is 0 Å². The minimum Gasteiger partial charge on any atom is -0.352 e. The third kappa shape index (κ3) is 5.19. The molecule has 0 bridgehead atoms. The van der Waals surface area contributed by atoms with Crippen LogP contribution in [0.3, 0.4) is 0 Å². The molecule has 0 aliphatic rings. The van der Waals surface area contributed by atoms with Crippen molar-refractivity contribution >= 4 is 5.91 Å². The predicted octanol–water partition coefficient (Wildman–Crippen LogP) is 3.37. The first-order valence-electron chi connectivity index (χ1n) is 9.65. The fourth-order valence-corrected chi connectivity index (χ4v) is 3.11. The molecule has 0 aliphatic heterocycles. The maximum atomic E-state index is 12.2. The first-order valence-corrected chi connectivity index (χ1v) is 9.65. The zero-order valence-corrected chi connectivity index (χ0v) is 16.1. The second-order valence-corrected chi connectivity index (χ2v) is 6.96. The van der Waals surface area contributed by atoms with Crippen LogP contribution in [0.4, 0.5) is 0 Å². The molecule has 0 atom stereocenters. The van der Waals surface area contributed by atoms with E-state index in [0.717, 1.165) is 23.4 Å². The van der Waals surface area contributed by atoms with Crippen molar-refractivity contribution in [1.29, 1.82) is 0 Å². The van der Waals surface area contributed by atoms with Gasteiger partial charge in [0.05, 0.1) is 18.2 Å². The minimum absolute atomic E-state index is 0.0416. The molecular weight excluding hydrogens is 362 g/mol. The Morgan fingerprint density at radius 2 is 1.76 bits per heavy atom. The summed E-state index contributed by atoms with van der Waals surface area (Å²) >= 11 is 0. The number of nitrogens with zero attached hydrogens (tertiary/aromatic N) is 4. The maximum Gasteiger partial charge on any atom is 0.220 e. The number of benzene rings is 2. The predicted molar refractivity (Wildman–Crippen MR) is 112 cm³/mol. The number of rotatable bonds is 8. The van der Waals surface area contributed by atoms with Crippen molar-refractivity contribution in [2.75, 3.05) is 0 Å². The van der Waals surface area contributed by atoms with Gasteiger partial charge in [-0.2, -0.15) is 5.10 Å². The van der Waals surface area contributed by atoms with Crippen LogP contribution in [0.15, 0.2) is 85.7 Å². The number of carbonyl (C=O) groups excluding carboxylic acids is 1.